The normalized spacial score (nSPS) is 14.1. The molecule has 1 aliphatic rings. The summed E-state index contributed by atoms with van der Waals surface area (Å²) in [6.45, 7) is 8.37. The van der Waals surface area contributed by atoms with E-state index in [1.54, 1.807) is 30.7 Å². The van der Waals surface area contributed by atoms with E-state index < -0.39 is 46.8 Å². The molecule has 2 atom stereocenters. The van der Waals surface area contributed by atoms with E-state index in [0.717, 1.165) is 28.0 Å². The number of carboxylic acid groups (broad SMARTS) is 1. The van der Waals surface area contributed by atoms with Gasteiger partial charge in [-0.2, -0.15) is 5.10 Å². The van der Waals surface area contributed by atoms with Gasteiger partial charge in [0.25, 0.3) is 5.91 Å². The number of fused-ring (bicyclic) bond motifs is 4. The first kappa shape index (κ1) is 54.6. The molecule has 1 unspecified atom stereocenters. The van der Waals surface area contributed by atoms with Crippen molar-refractivity contribution in [3.63, 3.8) is 0 Å². The quantitative estimate of drug-likeness (QED) is 0.0328. The van der Waals surface area contributed by atoms with Crippen molar-refractivity contribution in [3.8, 4) is 22.9 Å². The summed E-state index contributed by atoms with van der Waals surface area (Å²) in [5.74, 6) is -3.63. The van der Waals surface area contributed by atoms with Gasteiger partial charge in [0.2, 0.25) is 41.2 Å². The molecule has 77 heavy (non-hydrogen) atoms. The lowest BCUT2D eigenvalue weighted by Crippen LogP contribution is -2.37. The molecule has 25 nitrogen and oxygen atoms in total. The van der Waals surface area contributed by atoms with Crippen LogP contribution < -0.4 is 32.0 Å². The standard InChI is InChI=1S/C51H58N14O11S/c1-7-32-45(76-27(4)55-32)48(70)57-51-56-34-20-29(47(54)69)22-38(75-17-11-13-61(5)40(66)12-16-63-41(67)24-39(49(63)71)77-25-31(52)50(72)73)44(34)64(51)15-10-9-14-62-36-23-33(35-18-26(3)60-65(35)8-2)58-59-42(36)30-19-28(46(53)68)21-37(74-6)43(30)62/h9-10,18-23,31,39H,7-8,11-17,24-25,52H2,1-6H3,(H2,53,68)(H2,54,69)(H,72,73)(H,56,57,70)/b10-9+/t31-,39?/m0/s1. The molecular formula is C51H58N14O11S. The molecule has 26 heteroatoms. The first-order valence-corrected chi connectivity index (χ1v) is 25.7. The van der Waals surface area contributed by atoms with E-state index in [0.29, 0.717) is 69.9 Å². The summed E-state index contributed by atoms with van der Waals surface area (Å²) in [5, 5.41) is 25.6. The minimum Gasteiger partial charge on any atom is -0.495 e. The van der Waals surface area contributed by atoms with Crippen molar-refractivity contribution in [1.29, 1.82) is 0 Å². The van der Waals surface area contributed by atoms with E-state index >= 15 is 0 Å². The highest BCUT2D eigenvalue weighted by Gasteiger charge is 2.39. The van der Waals surface area contributed by atoms with Crippen LogP contribution in [0.25, 0.3) is 44.4 Å². The predicted octanol–water partition coefficient (Wildman–Crippen LogP) is 3.59. The number of ether oxygens (including phenoxy) is 2. The molecule has 0 spiro atoms. The number of hydrogen-bond acceptors (Lipinski definition) is 17. The number of benzene rings is 2. The Morgan fingerprint density at radius 1 is 0.961 bits per heavy atom. The fraction of sp³-hybridized carbons (Fsp3) is 0.373. The number of thioether (sulfide) groups is 1. The summed E-state index contributed by atoms with van der Waals surface area (Å²) in [7, 11) is 3.07. The predicted molar refractivity (Wildman–Crippen MR) is 283 cm³/mol. The Balaban J connectivity index is 1.07. The van der Waals surface area contributed by atoms with Crippen LogP contribution in [-0.2, 0) is 45.2 Å². The van der Waals surface area contributed by atoms with Gasteiger partial charge in [-0.1, -0.05) is 19.1 Å². The van der Waals surface area contributed by atoms with Gasteiger partial charge >= 0.3 is 5.97 Å². The summed E-state index contributed by atoms with van der Waals surface area (Å²) in [6.07, 6.45) is 4.20. The molecule has 0 radical (unpaired) electrons. The molecule has 8 rings (SSSR count). The number of primary amides is 2. The monoisotopic (exact) mass is 1070 g/mol. The van der Waals surface area contributed by atoms with Crippen LogP contribution in [0, 0.1) is 13.8 Å². The van der Waals surface area contributed by atoms with Crippen molar-refractivity contribution in [2.24, 2.45) is 17.2 Å². The second-order valence-corrected chi connectivity index (χ2v) is 19.4. The molecule has 1 fully saturated rings. The van der Waals surface area contributed by atoms with Crippen LogP contribution in [0.4, 0.5) is 5.95 Å². The number of imide groups is 1. The van der Waals surface area contributed by atoms with Crippen molar-refractivity contribution in [1.82, 2.24) is 48.9 Å². The number of rotatable bonds is 24. The van der Waals surface area contributed by atoms with Gasteiger partial charge in [0.1, 0.15) is 34.3 Å². The zero-order valence-corrected chi connectivity index (χ0v) is 44.0. The Hall–Kier alpha value is -8.65. The molecule has 1 saturated heterocycles. The molecule has 0 saturated carbocycles. The van der Waals surface area contributed by atoms with E-state index in [1.807, 2.05) is 54.3 Å². The second kappa shape index (κ2) is 23.1. The van der Waals surface area contributed by atoms with Gasteiger partial charge in [-0.3, -0.25) is 48.5 Å². The minimum atomic E-state index is -1.22. The summed E-state index contributed by atoms with van der Waals surface area (Å²) in [5.41, 5.74) is 22.5. The third-order valence-electron chi connectivity index (χ3n) is 12.9. The topological polar surface area (TPSA) is 347 Å². The first-order valence-electron chi connectivity index (χ1n) is 24.6. The average Bonchev–Trinajstić information content (AvgIpc) is 4.27. The summed E-state index contributed by atoms with van der Waals surface area (Å²) < 4.78 is 23.4. The van der Waals surface area contributed by atoms with Crippen LogP contribution in [0.1, 0.15) is 81.7 Å². The van der Waals surface area contributed by atoms with Gasteiger partial charge in [0.05, 0.1) is 52.6 Å². The molecule has 8 N–H and O–H groups in total. The molecule has 0 bridgehead atoms. The Morgan fingerprint density at radius 3 is 2.36 bits per heavy atom. The zero-order valence-electron chi connectivity index (χ0n) is 43.2. The van der Waals surface area contributed by atoms with E-state index in [4.69, 9.17) is 41.2 Å². The molecule has 1 aliphatic heterocycles. The van der Waals surface area contributed by atoms with E-state index in [2.05, 4.69) is 25.6 Å². The van der Waals surface area contributed by atoms with E-state index in [-0.39, 0.29) is 91.4 Å². The molecule has 2 aromatic carbocycles. The molecule has 0 aliphatic carbocycles. The number of carbonyl (C=O) groups excluding carboxylic acids is 6. The summed E-state index contributed by atoms with van der Waals surface area (Å²) in [4.78, 5) is 101. The molecule has 6 heterocycles. The van der Waals surface area contributed by atoms with Crippen molar-refractivity contribution in [3.05, 3.63) is 82.7 Å². The number of hydrogen-bond donors (Lipinski definition) is 5. The number of anilines is 1. The highest BCUT2D eigenvalue weighted by molar-refractivity contribution is 8.00. The smallest absolute Gasteiger partial charge is 0.321 e. The molecular weight excluding hydrogens is 1020 g/mol. The lowest BCUT2D eigenvalue weighted by molar-refractivity contribution is -0.140. The van der Waals surface area contributed by atoms with Crippen molar-refractivity contribution < 1.29 is 52.6 Å². The van der Waals surface area contributed by atoms with E-state index in [1.165, 1.54) is 24.1 Å². The number of oxazole rings is 1. The number of aryl methyl sites for hydroxylation is 4. The SMILES string of the molecule is CCc1nc(C)oc1C(=O)Nc1nc2cc(C(N)=O)cc(OCCCN(C)C(=O)CCN3C(=O)CC(SC[C@H](N)C(=O)O)C3=O)c2n1C/C=C/Cn1c2cc(-c3cc(C)nn3CC)nnc2c2cc(C(N)=O)cc(OC)c21. The van der Waals surface area contributed by atoms with Crippen LogP contribution >= 0.6 is 11.8 Å². The number of nitrogens with one attached hydrogen (secondary N) is 1. The van der Waals surface area contributed by atoms with Crippen LogP contribution in [0.15, 0.2) is 53.0 Å². The van der Waals surface area contributed by atoms with Crippen molar-refractivity contribution in [2.75, 3.05) is 44.9 Å². The number of aromatic nitrogens is 8. The molecule has 6 amide bonds. The van der Waals surface area contributed by atoms with E-state index in [9.17, 15) is 33.6 Å². The molecule has 404 valence electrons. The average molecular weight is 1080 g/mol. The summed E-state index contributed by atoms with van der Waals surface area (Å²) >= 11 is 0.997. The number of imidazole rings is 1. The lowest BCUT2D eigenvalue weighted by atomic mass is 10.1. The van der Waals surface area contributed by atoms with Crippen LogP contribution in [0.5, 0.6) is 11.5 Å². The number of nitrogens with zero attached hydrogens (tertiary/aromatic N) is 10. The van der Waals surface area contributed by atoms with Crippen LogP contribution in [0.3, 0.4) is 0 Å². The number of allylic oxidation sites excluding steroid dienone is 2. The van der Waals surface area contributed by atoms with Gasteiger partial charge < -0.3 is 50.2 Å². The number of carbonyl (C=O) groups is 7. The Bertz CT molecular complexity index is 3520. The Morgan fingerprint density at radius 2 is 1.68 bits per heavy atom. The van der Waals surface area contributed by atoms with Crippen molar-refractivity contribution >= 4 is 92.1 Å². The maximum atomic E-state index is 13.9. The Labute approximate surface area is 444 Å². The third kappa shape index (κ3) is 11.5. The fourth-order valence-electron chi connectivity index (χ4n) is 9.05. The zero-order chi connectivity index (χ0) is 55.4. The van der Waals surface area contributed by atoms with Crippen LogP contribution in [-0.4, -0.2) is 146 Å². The minimum absolute atomic E-state index is 0.00606. The number of methoxy groups -OCH3 is 1. The van der Waals surface area contributed by atoms with Gasteiger partial charge in [-0.25, -0.2) is 9.97 Å². The number of amides is 6. The Kier molecular flexibility index (Phi) is 16.4. The number of nitrogens with two attached hydrogens (primary N) is 3. The van der Waals surface area contributed by atoms with Gasteiger partial charge in [-0.05, 0) is 63.1 Å². The summed E-state index contributed by atoms with van der Waals surface area (Å²) in [6, 6.07) is 8.83. The van der Waals surface area contributed by atoms with Crippen LogP contribution in [0.2, 0.25) is 0 Å². The molecule has 5 aromatic heterocycles. The first-order chi connectivity index (χ1) is 36.8. The number of carboxylic acids is 1. The second-order valence-electron chi connectivity index (χ2n) is 18.2. The van der Waals surface area contributed by atoms with Gasteiger partial charge in [-0.15, -0.1) is 22.0 Å². The highest BCUT2D eigenvalue weighted by atomic mass is 32.2. The largest absolute Gasteiger partial charge is 0.495 e. The highest BCUT2D eigenvalue weighted by Crippen LogP contribution is 2.37. The maximum absolute atomic E-state index is 13.9. The number of likely N-dealkylation sites (tertiary alicyclic amines) is 1. The van der Waals surface area contributed by atoms with Crippen molar-refractivity contribution in [2.45, 2.75) is 84.3 Å². The molecule has 7 aromatic rings. The number of aliphatic carboxylic acids is 1. The maximum Gasteiger partial charge on any atom is 0.321 e. The van der Waals surface area contributed by atoms with Gasteiger partial charge in [0.15, 0.2) is 5.89 Å². The lowest BCUT2D eigenvalue weighted by Gasteiger charge is -2.20. The third-order valence-corrected chi connectivity index (χ3v) is 14.2. The fourth-order valence-corrected chi connectivity index (χ4v) is 10.2. The van der Waals surface area contributed by atoms with Gasteiger partial charge in [0, 0.05) is 81.8 Å².